The van der Waals surface area contributed by atoms with Crippen LogP contribution in [0.15, 0.2) is 60.0 Å². The van der Waals surface area contributed by atoms with Crippen molar-refractivity contribution in [1.29, 1.82) is 8.76 Å². The van der Waals surface area contributed by atoms with Crippen LogP contribution in [0.4, 0.5) is 0 Å². The number of para-hydroxylation sites is 2. The van der Waals surface area contributed by atoms with Crippen LogP contribution in [0.2, 0.25) is 0 Å². The number of hydrogen-bond donors (Lipinski definition) is 4. The summed E-state index contributed by atoms with van der Waals surface area (Å²) in [4.78, 5) is 0. The number of nitrogens with one attached hydrogen (secondary N) is 2. The Hall–Kier alpha value is -2.54. The molecule has 2 aromatic carbocycles. The van der Waals surface area contributed by atoms with Gasteiger partial charge in [-0.05, 0) is 24.3 Å². The molecule has 0 fully saturated rings. The third kappa shape index (κ3) is 5.96. The fourth-order valence-corrected chi connectivity index (χ4v) is 1.46. The van der Waals surface area contributed by atoms with E-state index >= 15 is 0 Å². The number of rotatable bonds is 2. The molecule has 0 aromatic heterocycles. The minimum atomic E-state index is -0.250. The topological polar surface area (TPSA) is 88.2 Å². The van der Waals surface area contributed by atoms with Crippen molar-refractivity contribution < 1.29 is 24.8 Å². The van der Waals surface area contributed by atoms with Crippen molar-refractivity contribution in [2.45, 2.75) is 0 Å². The third-order valence-corrected chi connectivity index (χ3v) is 2.41. The molecule has 0 spiro atoms. The Kier molecular flexibility index (Phi) is 7.37. The van der Waals surface area contributed by atoms with E-state index in [4.69, 9.17) is 8.76 Å². The van der Waals surface area contributed by atoms with Gasteiger partial charge < -0.3 is 10.2 Å². The van der Waals surface area contributed by atoms with Gasteiger partial charge in [-0.2, -0.15) is 0 Å². The van der Waals surface area contributed by atoms with Crippen molar-refractivity contribution in [2.24, 2.45) is 0 Å². The normalized spacial score (nSPS) is 8.57. The van der Waals surface area contributed by atoms with Gasteiger partial charge in [0.05, 0.1) is 0 Å². The van der Waals surface area contributed by atoms with Gasteiger partial charge in [0, 0.05) is 11.1 Å². The maximum absolute atomic E-state index is 9.52. The summed E-state index contributed by atoms with van der Waals surface area (Å²) in [5.74, 6) is 0.406. The van der Waals surface area contributed by atoms with Crippen LogP contribution < -0.4 is 0 Å². The molecule has 2 aromatic rings. The molecule has 4 nitrogen and oxygen atoms in total. The summed E-state index contributed by atoms with van der Waals surface area (Å²) in [7, 11) is 0. The van der Waals surface area contributed by atoms with E-state index < -0.39 is 0 Å². The van der Waals surface area contributed by atoms with E-state index in [1.165, 1.54) is 0 Å². The molecular weight excluding hydrogens is 308 g/mol. The van der Waals surface area contributed by atoms with E-state index in [-0.39, 0.29) is 26.1 Å². The Bertz CT molecular complexity index is 680. The summed E-state index contributed by atoms with van der Waals surface area (Å²) in [6, 6.07) is 14.0. The first-order valence-corrected chi connectivity index (χ1v) is 6.96. The molecule has 0 saturated heterocycles. The maximum atomic E-state index is 9.52. The van der Waals surface area contributed by atoms with Crippen LogP contribution in [-0.4, -0.2) is 10.2 Å². The molecule has 0 atom stereocenters. The Balaban J connectivity index is 0.000000677. The van der Waals surface area contributed by atoms with Crippen LogP contribution in [0.25, 0.3) is 12.2 Å². The van der Waals surface area contributed by atoms with Gasteiger partial charge >= 0.3 is 23.3 Å². The van der Waals surface area contributed by atoms with Crippen LogP contribution in [-0.2, 0) is 14.6 Å². The zero-order valence-electron chi connectivity index (χ0n) is 11.0. The molecule has 0 amide bonds. The first kappa shape index (κ1) is 16.5. The van der Waals surface area contributed by atoms with Crippen molar-refractivity contribution >= 4 is 12.2 Å². The van der Waals surface area contributed by atoms with Crippen LogP contribution in [0, 0.1) is 8.76 Å². The van der Waals surface area contributed by atoms with Gasteiger partial charge in [0.1, 0.15) is 11.5 Å². The van der Waals surface area contributed by atoms with Gasteiger partial charge in [0.2, 0.25) is 0 Å². The molecule has 0 aliphatic heterocycles. The summed E-state index contributed by atoms with van der Waals surface area (Å²) < 4.78 is 11.8. The summed E-state index contributed by atoms with van der Waals surface area (Å²) in [5, 5.41) is 19.0. The van der Waals surface area contributed by atoms with E-state index in [1.54, 1.807) is 48.6 Å². The Labute approximate surface area is 128 Å². The number of aromatic hydroxyl groups is 2. The standard InChI is InChI=1S/C16H12O2.Fe.2HN/c17-15-11-5-3-9-13(15)7-1-2-8-14-10-4-6-12-16(14)18;;;/h3-12,17-18H;;2*1H. The predicted octanol–water partition coefficient (Wildman–Crippen LogP) is 4.17. The van der Waals surface area contributed by atoms with Crippen molar-refractivity contribution in [3.05, 3.63) is 71.1 Å². The van der Waals surface area contributed by atoms with Crippen molar-refractivity contribution in [3.8, 4) is 11.5 Å². The number of phenolic OH excluding ortho intramolecular Hbond substituents is 2. The predicted molar refractivity (Wildman–Crippen MR) is 77.6 cm³/mol. The average molecular weight is 322 g/mol. The van der Waals surface area contributed by atoms with Crippen LogP contribution in [0.1, 0.15) is 11.1 Å². The van der Waals surface area contributed by atoms with E-state index in [9.17, 15) is 10.2 Å². The molecule has 108 valence electrons. The number of benzene rings is 2. The van der Waals surface area contributed by atoms with Gasteiger partial charge in [-0.1, -0.05) is 47.9 Å². The first-order chi connectivity index (χ1) is 10.2. The summed E-state index contributed by atoms with van der Waals surface area (Å²) in [6.07, 6.45) is 3.26. The van der Waals surface area contributed by atoms with Gasteiger partial charge in [0.15, 0.2) is 0 Å². The van der Waals surface area contributed by atoms with Crippen molar-refractivity contribution in [3.63, 3.8) is 0 Å². The van der Waals surface area contributed by atoms with Crippen molar-refractivity contribution in [2.75, 3.05) is 0 Å². The zero-order valence-corrected chi connectivity index (χ0v) is 12.1. The van der Waals surface area contributed by atoms with Crippen LogP contribution in [0.5, 0.6) is 11.5 Å². The summed E-state index contributed by atoms with van der Waals surface area (Å²) in [5.41, 5.74) is 6.99. The molecule has 0 heterocycles. The molecule has 21 heavy (non-hydrogen) atoms. The van der Waals surface area contributed by atoms with E-state index in [2.05, 4.69) is 11.5 Å². The zero-order chi connectivity index (χ0) is 15.5. The molecule has 5 heteroatoms. The second-order valence-electron chi connectivity index (χ2n) is 3.78. The number of phenols is 2. The molecule has 0 saturated carbocycles. The first-order valence-electron chi connectivity index (χ1n) is 5.86. The second-order valence-corrected chi connectivity index (χ2v) is 4.06. The molecule has 0 unspecified atom stereocenters. The second kappa shape index (κ2) is 9.38. The molecule has 0 aliphatic carbocycles. The van der Waals surface area contributed by atoms with Crippen LogP contribution >= 0.6 is 0 Å². The third-order valence-electron chi connectivity index (χ3n) is 2.41. The van der Waals surface area contributed by atoms with Gasteiger partial charge in [0.25, 0.3) is 0 Å². The summed E-state index contributed by atoms with van der Waals surface area (Å²) >= 11 is -0.250. The quantitative estimate of drug-likeness (QED) is 0.494. The molecule has 2 rings (SSSR count). The Morgan fingerprint density at radius 1 is 0.762 bits per heavy atom. The molecule has 0 radical (unpaired) electrons. The summed E-state index contributed by atoms with van der Waals surface area (Å²) in [6.45, 7) is 0. The van der Waals surface area contributed by atoms with Gasteiger partial charge in [-0.25, -0.2) is 0 Å². The van der Waals surface area contributed by atoms with E-state index in [0.717, 1.165) is 0 Å². The van der Waals surface area contributed by atoms with E-state index in [1.807, 2.05) is 12.1 Å². The molecule has 4 N–H and O–H groups in total. The average Bonchev–Trinajstić information content (AvgIpc) is 2.48. The SMILES string of the molecule is Oc1ccccc1C=C=C=Cc1ccccc1O.[NH]=[Fe]=[NH]. The van der Waals surface area contributed by atoms with E-state index in [0.29, 0.717) is 11.1 Å². The fourth-order valence-electron chi connectivity index (χ4n) is 1.46. The van der Waals surface area contributed by atoms with Gasteiger partial charge in [-0.15, -0.1) is 0 Å². The van der Waals surface area contributed by atoms with Gasteiger partial charge in [-0.3, -0.25) is 0 Å². The molecule has 0 aliphatic rings. The molecular formula is C16H14FeN2O2. The minimum absolute atomic E-state index is 0.203. The monoisotopic (exact) mass is 322 g/mol. The van der Waals surface area contributed by atoms with Crippen molar-refractivity contribution in [1.82, 2.24) is 0 Å². The fraction of sp³-hybridized carbons (Fsp3) is 0. The Morgan fingerprint density at radius 2 is 1.10 bits per heavy atom. The van der Waals surface area contributed by atoms with Crippen LogP contribution in [0.3, 0.4) is 0 Å². The number of hydrogen-bond acceptors (Lipinski definition) is 4. The molecule has 0 bridgehead atoms. The Morgan fingerprint density at radius 3 is 1.43 bits per heavy atom.